The van der Waals surface area contributed by atoms with Crippen LogP contribution in [0.25, 0.3) is 0 Å². The summed E-state index contributed by atoms with van der Waals surface area (Å²) in [6.45, 7) is 3.28. The van der Waals surface area contributed by atoms with Crippen LogP contribution in [-0.4, -0.2) is 30.9 Å². The van der Waals surface area contributed by atoms with Crippen LogP contribution in [0.1, 0.15) is 39.0 Å². The van der Waals surface area contributed by atoms with Gasteiger partial charge in [0.2, 0.25) is 0 Å². The first-order valence-corrected chi connectivity index (χ1v) is 10.6. The number of rotatable bonds is 7. The lowest BCUT2D eigenvalue weighted by atomic mass is 10.1. The van der Waals surface area contributed by atoms with Gasteiger partial charge in [0.15, 0.2) is 0 Å². The fraction of sp³-hybridized carbons (Fsp3) is 0.250. The summed E-state index contributed by atoms with van der Waals surface area (Å²) in [6, 6.07) is 17.2. The second-order valence-electron chi connectivity index (χ2n) is 7.56. The van der Waals surface area contributed by atoms with E-state index in [1.807, 2.05) is 12.1 Å². The molecule has 2 N–H and O–H groups in total. The third-order valence-electron chi connectivity index (χ3n) is 5.47. The summed E-state index contributed by atoms with van der Waals surface area (Å²) in [5.41, 5.74) is 3.41. The molecule has 1 atom stereocenters. The average molecular weight is 438 g/mol. The molecule has 7 heteroatoms. The summed E-state index contributed by atoms with van der Waals surface area (Å²) in [5.74, 6) is 0.127. The van der Waals surface area contributed by atoms with Gasteiger partial charge in [0.25, 0.3) is 11.8 Å². The van der Waals surface area contributed by atoms with E-state index in [4.69, 9.17) is 16.0 Å². The second-order valence-corrected chi connectivity index (χ2v) is 7.97. The second kappa shape index (κ2) is 9.27. The zero-order chi connectivity index (χ0) is 21.8. The van der Waals surface area contributed by atoms with Crippen LogP contribution in [0, 0.1) is 0 Å². The van der Waals surface area contributed by atoms with Crippen LogP contribution in [0.15, 0.2) is 65.3 Å². The Hall–Kier alpha value is -3.25. The minimum atomic E-state index is -0.273. The molecule has 0 radical (unpaired) electrons. The molecule has 0 fully saturated rings. The molecule has 6 nitrogen and oxygen atoms in total. The number of hydrogen-bond acceptors (Lipinski definition) is 4. The van der Waals surface area contributed by atoms with Gasteiger partial charge in [0.1, 0.15) is 5.76 Å². The van der Waals surface area contributed by atoms with Gasteiger partial charge < -0.3 is 20.0 Å². The molecule has 2 amide bonds. The van der Waals surface area contributed by atoms with Crippen molar-refractivity contribution >= 4 is 29.1 Å². The summed E-state index contributed by atoms with van der Waals surface area (Å²) in [7, 11) is 0. The fourth-order valence-corrected chi connectivity index (χ4v) is 4.10. The number of nitrogens with zero attached hydrogens (tertiary/aromatic N) is 1. The normalized spacial score (nSPS) is 14.9. The van der Waals surface area contributed by atoms with Crippen LogP contribution in [0.2, 0.25) is 5.02 Å². The van der Waals surface area contributed by atoms with Crippen molar-refractivity contribution in [2.45, 2.75) is 25.9 Å². The predicted molar refractivity (Wildman–Crippen MR) is 121 cm³/mol. The largest absolute Gasteiger partial charge is 0.467 e. The fourth-order valence-electron chi connectivity index (χ4n) is 3.88. The van der Waals surface area contributed by atoms with Gasteiger partial charge in [-0.15, -0.1) is 0 Å². The van der Waals surface area contributed by atoms with Crippen molar-refractivity contribution in [3.8, 4) is 0 Å². The van der Waals surface area contributed by atoms with E-state index in [9.17, 15) is 9.59 Å². The molecule has 2 aromatic carbocycles. The molecular formula is C24H24ClN3O3. The van der Waals surface area contributed by atoms with E-state index in [0.29, 0.717) is 47.6 Å². The maximum atomic E-state index is 12.7. The first-order valence-electron chi connectivity index (χ1n) is 10.3. The van der Waals surface area contributed by atoms with Crippen LogP contribution >= 0.6 is 11.6 Å². The van der Waals surface area contributed by atoms with Crippen LogP contribution in [-0.2, 0) is 13.0 Å². The molecule has 1 aromatic heterocycles. The molecule has 0 bridgehead atoms. The molecule has 0 spiro atoms. The number of furan rings is 1. The van der Waals surface area contributed by atoms with Gasteiger partial charge in [-0.2, -0.15) is 0 Å². The number of amides is 2. The zero-order valence-electron chi connectivity index (χ0n) is 17.2. The van der Waals surface area contributed by atoms with Crippen LogP contribution < -0.4 is 15.5 Å². The Morgan fingerprint density at radius 1 is 1.00 bits per heavy atom. The van der Waals surface area contributed by atoms with Gasteiger partial charge in [0.05, 0.1) is 29.0 Å². The number of nitrogens with one attached hydrogen (secondary N) is 2. The number of halogens is 1. The third-order valence-corrected chi connectivity index (χ3v) is 5.80. The number of carbonyl (C=O) groups excluding carboxylic acids is 2. The first kappa shape index (κ1) is 21.0. The summed E-state index contributed by atoms with van der Waals surface area (Å²) in [4.78, 5) is 27.1. The lowest BCUT2D eigenvalue weighted by Crippen LogP contribution is -2.35. The highest BCUT2D eigenvalue weighted by molar-refractivity contribution is 6.33. The van der Waals surface area contributed by atoms with Gasteiger partial charge in [0, 0.05) is 24.8 Å². The first-order chi connectivity index (χ1) is 15.0. The maximum absolute atomic E-state index is 12.7. The lowest BCUT2D eigenvalue weighted by molar-refractivity contribution is 0.0926. The monoisotopic (exact) mass is 437 g/mol. The molecule has 0 aliphatic carbocycles. The van der Waals surface area contributed by atoms with Crippen LogP contribution in [0.5, 0.6) is 0 Å². The van der Waals surface area contributed by atoms with Gasteiger partial charge in [-0.3, -0.25) is 9.59 Å². The van der Waals surface area contributed by atoms with Crippen LogP contribution in [0.4, 0.5) is 5.69 Å². The van der Waals surface area contributed by atoms with Gasteiger partial charge in [-0.1, -0.05) is 41.9 Å². The van der Waals surface area contributed by atoms with Gasteiger partial charge >= 0.3 is 0 Å². The summed E-state index contributed by atoms with van der Waals surface area (Å²) < 4.78 is 5.64. The van der Waals surface area contributed by atoms with E-state index in [2.05, 4.69) is 34.6 Å². The highest BCUT2D eigenvalue weighted by Gasteiger charge is 2.27. The number of fused-ring (bicyclic) bond motifs is 1. The van der Waals surface area contributed by atoms with Crippen molar-refractivity contribution in [1.29, 1.82) is 0 Å². The molecule has 0 saturated carbocycles. The molecule has 31 heavy (non-hydrogen) atoms. The smallest absolute Gasteiger partial charge is 0.254 e. The van der Waals surface area contributed by atoms with E-state index in [-0.39, 0.29) is 11.8 Å². The van der Waals surface area contributed by atoms with E-state index in [0.717, 1.165) is 6.42 Å². The van der Waals surface area contributed by atoms with Crippen molar-refractivity contribution in [2.75, 3.05) is 18.0 Å². The number of carbonyl (C=O) groups is 2. The Morgan fingerprint density at radius 2 is 1.68 bits per heavy atom. The number of anilines is 1. The summed E-state index contributed by atoms with van der Waals surface area (Å²) in [5, 5.41) is 5.99. The molecule has 1 unspecified atom stereocenters. The molecular weight excluding hydrogens is 414 g/mol. The van der Waals surface area contributed by atoms with E-state index >= 15 is 0 Å². The van der Waals surface area contributed by atoms with E-state index < -0.39 is 0 Å². The number of hydrogen-bond donors (Lipinski definition) is 2. The highest BCUT2D eigenvalue weighted by atomic mass is 35.5. The standard InChI is InChI=1S/C24H24ClN3O3/c1-16-14-17-6-2-5-9-21(17)28(16)15-22-19(10-13-31-22)24(30)27-12-11-26-23(29)18-7-3-4-8-20(18)25/h2-10,13,16H,11-12,14-15H2,1H3,(H,26,29)(H,27,30). The van der Waals surface area contributed by atoms with Crippen LogP contribution in [0.3, 0.4) is 0 Å². The SMILES string of the molecule is CC1Cc2ccccc2N1Cc1occc1C(=O)NCCNC(=O)c1ccccc1Cl. The van der Waals surface area contributed by atoms with E-state index in [1.165, 1.54) is 17.5 Å². The molecule has 2 heterocycles. The molecule has 3 aromatic rings. The molecule has 1 aliphatic rings. The van der Waals surface area contributed by atoms with Crippen molar-refractivity contribution in [2.24, 2.45) is 0 Å². The Kier molecular flexibility index (Phi) is 6.28. The lowest BCUT2D eigenvalue weighted by Gasteiger charge is -2.24. The van der Waals surface area contributed by atoms with Gasteiger partial charge in [-0.25, -0.2) is 0 Å². The van der Waals surface area contributed by atoms with Gasteiger partial charge in [-0.05, 0) is 43.2 Å². The Morgan fingerprint density at radius 3 is 2.45 bits per heavy atom. The zero-order valence-corrected chi connectivity index (χ0v) is 18.0. The molecule has 0 saturated heterocycles. The van der Waals surface area contributed by atoms with Crippen molar-refractivity contribution in [3.05, 3.63) is 88.3 Å². The number of para-hydroxylation sites is 1. The summed E-state index contributed by atoms with van der Waals surface area (Å²) in [6.07, 6.45) is 2.51. The molecule has 4 rings (SSSR count). The molecule has 160 valence electrons. The average Bonchev–Trinajstić information content (AvgIpc) is 3.36. The quantitative estimate of drug-likeness (QED) is 0.547. The Balaban J connectivity index is 1.32. The Labute approximate surface area is 186 Å². The van der Waals surface area contributed by atoms with Crippen molar-refractivity contribution in [3.63, 3.8) is 0 Å². The predicted octanol–water partition coefficient (Wildman–Crippen LogP) is 4.04. The van der Waals surface area contributed by atoms with Crippen molar-refractivity contribution < 1.29 is 14.0 Å². The topological polar surface area (TPSA) is 74.6 Å². The Bertz CT molecular complexity index is 1090. The minimum Gasteiger partial charge on any atom is -0.467 e. The summed E-state index contributed by atoms with van der Waals surface area (Å²) >= 11 is 6.03. The number of benzene rings is 2. The van der Waals surface area contributed by atoms with E-state index in [1.54, 1.807) is 30.3 Å². The van der Waals surface area contributed by atoms with Crippen molar-refractivity contribution in [1.82, 2.24) is 10.6 Å². The molecule has 1 aliphatic heterocycles. The maximum Gasteiger partial charge on any atom is 0.254 e. The highest BCUT2D eigenvalue weighted by Crippen LogP contribution is 2.33. The third kappa shape index (κ3) is 4.59. The minimum absolute atomic E-state index is 0.226.